The number of thiazole rings is 1. The molecule has 2 aromatic rings. The Morgan fingerprint density at radius 1 is 1.38 bits per heavy atom. The molecular formula is C16H14FN3O3S. The number of fused-ring (bicyclic) bond motifs is 1. The van der Waals surface area contributed by atoms with E-state index in [1.165, 1.54) is 13.0 Å². The number of amides is 1. The predicted octanol–water partition coefficient (Wildman–Crippen LogP) is 2.51. The lowest BCUT2D eigenvalue weighted by atomic mass is 9.77. The van der Waals surface area contributed by atoms with Crippen LogP contribution >= 0.6 is 11.3 Å². The Labute approximate surface area is 141 Å². The molecule has 0 spiro atoms. The minimum atomic E-state index is -0.851. The molecule has 6 nitrogen and oxygen atoms in total. The van der Waals surface area contributed by atoms with Crippen molar-refractivity contribution in [3.05, 3.63) is 40.4 Å². The first-order valence-corrected chi connectivity index (χ1v) is 8.15. The summed E-state index contributed by atoms with van der Waals surface area (Å²) in [5, 5.41) is 2.91. The zero-order valence-electron chi connectivity index (χ0n) is 13.0. The van der Waals surface area contributed by atoms with E-state index < -0.39 is 11.9 Å². The van der Waals surface area contributed by atoms with Crippen LogP contribution in [0.1, 0.15) is 39.6 Å². The first-order valence-electron chi connectivity index (χ1n) is 7.34. The van der Waals surface area contributed by atoms with Crippen LogP contribution in [0, 0.1) is 17.8 Å². The molecule has 0 saturated heterocycles. The van der Waals surface area contributed by atoms with Gasteiger partial charge in [0, 0.05) is 18.7 Å². The van der Waals surface area contributed by atoms with Gasteiger partial charge in [0.05, 0.1) is 16.5 Å². The van der Waals surface area contributed by atoms with Crippen LogP contribution in [0.3, 0.4) is 0 Å². The smallest absolute Gasteiger partial charge is 0.223 e. The van der Waals surface area contributed by atoms with Gasteiger partial charge in [0.1, 0.15) is 0 Å². The molecule has 2 aromatic heterocycles. The average Bonchev–Trinajstić information content (AvgIpc) is 2.89. The van der Waals surface area contributed by atoms with Gasteiger partial charge in [0.2, 0.25) is 11.9 Å². The zero-order chi connectivity index (χ0) is 17.4. The fourth-order valence-corrected chi connectivity index (χ4v) is 3.81. The SMILES string of the molecule is CC(=O)Nc1nc2c(s1)C(=O)C(C(=O)c1ccc(F)nc1)C(C)C2. The molecule has 1 aliphatic carbocycles. The number of ketones is 2. The number of anilines is 1. The third-order valence-corrected chi connectivity index (χ3v) is 4.89. The molecule has 0 aliphatic heterocycles. The lowest BCUT2D eigenvalue weighted by molar-refractivity contribution is -0.114. The largest absolute Gasteiger partial charge is 0.302 e. The van der Waals surface area contributed by atoms with Crippen LogP contribution in [0.15, 0.2) is 18.3 Å². The first kappa shape index (κ1) is 16.4. The van der Waals surface area contributed by atoms with E-state index in [-0.39, 0.29) is 29.0 Å². The number of halogens is 1. The van der Waals surface area contributed by atoms with Crippen LogP contribution in [0.25, 0.3) is 0 Å². The summed E-state index contributed by atoms with van der Waals surface area (Å²) in [5.74, 6) is -2.73. The van der Waals surface area contributed by atoms with Gasteiger partial charge in [-0.2, -0.15) is 4.39 Å². The van der Waals surface area contributed by atoms with Gasteiger partial charge in [-0.15, -0.1) is 0 Å². The Hall–Kier alpha value is -2.48. The molecule has 1 aliphatic rings. The number of nitrogens with one attached hydrogen (secondary N) is 1. The summed E-state index contributed by atoms with van der Waals surface area (Å²) >= 11 is 1.07. The highest BCUT2D eigenvalue weighted by molar-refractivity contribution is 7.17. The molecule has 124 valence electrons. The zero-order valence-corrected chi connectivity index (χ0v) is 13.8. The van der Waals surface area contributed by atoms with Crippen LogP contribution < -0.4 is 5.32 Å². The highest BCUT2D eigenvalue weighted by Crippen LogP contribution is 2.36. The fraction of sp³-hybridized carbons (Fsp3) is 0.312. The second-order valence-corrected chi connectivity index (χ2v) is 6.73. The summed E-state index contributed by atoms with van der Waals surface area (Å²) in [6, 6.07) is 2.42. The van der Waals surface area contributed by atoms with Crippen molar-refractivity contribution in [1.29, 1.82) is 0 Å². The summed E-state index contributed by atoms with van der Waals surface area (Å²) < 4.78 is 12.9. The van der Waals surface area contributed by atoms with E-state index in [0.717, 1.165) is 23.6 Å². The Kier molecular flexibility index (Phi) is 4.23. The molecule has 2 atom stereocenters. The molecule has 8 heteroatoms. The van der Waals surface area contributed by atoms with Crippen molar-refractivity contribution in [3.63, 3.8) is 0 Å². The third-order valence-electron chi connectivity index (χ3n) is 3.87. The average molecular weight is 347 g/mol. The molecular weight excluding hydrogens is 333 g/mol. The number of hydrogen-bond donors (Lipinski definition) is 1. The predicted molar refractivity (Wildman–Crippen MR) is 85.6 cm³/mol. The Morgan fingerprint density at radius 2 is 2.12 bits per heavy atom. The molecule has 2 unspecified atom stereocenters. The van der Waals surface area contributed by atoms with Gasteiger partial charge in [0.15, 0.2) is 16.7 Å². The van der Waals surface area contributed by atoms with Crippen molar-refractivity contribution in [2.45, 2.75) is 20.3 Å². The van der Waals surface area contributed by atoms with Gasteiger partial charge in [-0.25, -0.2) is 9.97 Å². The number of carbonyl (C=O) groups excluding carboxylic acids is 3. The Balaban J connectivity index is 1.92. The number of pyridine rings is 1. The molecule has 0 saturated carbocycles. The van der Waals surface area contributed by atoms with Crippen LogP contribution in [-0.4, -0.2) is 27.4 Å². The van der Waals surface area contributed by atoms with Gasteiger partial charge in [-0.1, -0.05) is 18.3 Å². The molecule has 1 amide bonds. The molecule has 3 rings (SSSR count). The van der Waals surface area contributed by atoms with Gasteiger partial charge in [-0.3, -0.25) is 14.4 Å². The standard InChI is InChI=1S/C16H14FN3O3S/c1-7-5-10-15(24-16(20-10)19-8(2)21)14(23)12(7)13(22)9-3-4-11(17)18-6-9/h3-4,6-7,12H,5H2,1-2H3,(H,19,20,21). The van der Waals surface area contributed by atoms with E-state index in [1.54, 1.807) is 6.92 Å². The summed E-state index contributed by atoms with van der Waals surface area (Å²) in [7, 11) is 0. The summed E-state index contributed by atoms with van der Waals surface area (Å²) in [6.07, 6.45) is 1.60. The summed E-state index contributed by atoms with van der Waals surface area (Å²) in [4.78, 5) is 44.7. The third kappa shape index (κ3) is 2.96. The summed E-state index contributed by atoms with van der Waals surface area (Å²) in [6.45, 7) is 3.16. The number of aromatic nitrogens is 2. The molecule has 1 N–H and O–H groups in total. The van der Waals surface area contributed by atoms with Crippen molar-refractivity contribution in [3.8, 4) is 0 Å². The van der Waals surface area contributed by atoms with Crippen molar-refractivity contribution in [2.24, 2.45) is 11.8 Å². The van der Waals surface area contributed by atoms with Crippen LogP contribution in [0.2, 0.25) is 0 Å². The van der Waals surface area contributed by atoms with E-state index in [9.17, 15) is 18.8 Å². The first-order chi connectivity index (χ1) is 11.4. The normalized spacial score (nSPS) is 19.7. The lowest BCUT2D eigenvalue weighted by Gasteiger charge is -2.25. The number of carbonyl (C=O) groups is 3. The number of Topliss-reactive ketones (excluding diaryl/α,β-unsaturated/α-hetero) is 2. The lowest BCUT2D eigenvalue weighted by Crippen LogP contribution is -2.35. The Morgan fingerprint density at radius 3 is 2.75 bits per heavy atom. The topological polar surface area (TPSA) is 89.0 Å². The maximum Gasteiger partial charge on any atom is 0.223 e. The molecule has 0 radical (unpaired) electrons. The maximum atomic E-state index is 12.9. The minimum absolute atomic E-state index is 0.205. The van der Waals surface area contributed by atoms with Crippen molar-refractivity contribution in [1.82, 2.24) is 9.97 Å². The molecule has 0 bridgehead atoms. The van der Waals surface area contributed by atoms with Crippen molar-refractivity contribution < 1.29 is 18.8 Å². The van der Waals surface area contributed by atoms with E-state index in [4.69, 9.17) is 0 Å². The number of rotatable bonds is 3. The Bertz CT molecular complexity index is 832. The minimum Gasteiger partial charge on any atom is -0.302 e. The second kappa shape index (κ2) is 6.20. The van der Waals surface area contributed by atoms with E-state index in [1.807, 2.05) is 0 Å². The van der Waals surface area contributed by atoms with E-state index in [2.05, 4.69) is 15.3 Å². The number of hydrogen-bond acceptors (Lipinski definition) is 6. The van der Waals surface area contributed by atoms with Gasteiger partial charge >= 0.3 is 0 Å². The molecule has 24 heavy (non-hydrogen) atoms. The quantitative estimate of drug-likeness (QED) is 0.523. The summed E-state index contributed by atoms with van der Waals surface area (Å²) in [5.41, 5.74) is 0.805. The van der Waals surface area contributed by atoms with Crippen LogP contribution in [0.5, 0.6) is 0 Å². The molecule has 2 heterocycles. The molecule has 0 fully saturated rings. The maximum absolute atomic E-state index is 12.9. The molecule has 0 aromatic carbocycles. The fourth-order valence-electron chi connectivity index (χ4n) is 2.79. The highest BCUT2D eigenvalue weighted by Gasteiger charge is 2.40. The van der Waals surface area contributed by atoms with Gasteiger partial charge in [0.25, 0.3) is 0 Å². The van der Waals surface area contributed by atoms with Gasteiger partial charge < -0.3 is 5.32 Å². The number of nitrogens with zero attached hydrogens (tertiary/aromatic N) is 2. The van der Waals surface area contributed by atoms with Gasteiger partial charge in [-0.05, 0) is 24.5 Å². The van der Waals surface area contributed by atoms with Crippen molar-refractivity contribution >= 4 is 33.9 Å². The van der Waals surface area contributed by atoms with E-state index >= 15 is 0 Å². The highest BCUT2D eigenvalue weighted by atomic mass is 32.1. The second-order valence-electron chi connectivity index (χ2n) is 5.73. The van der Waals surface area contributed by atoms with Crippen LogP contribution in [0.4, 0.5) is 9.52 Å². The van der Waals surface area contributed by atoms with Crippen molar-refractivity contribution in [2.75, 3.05) is 5.32 Å². The van der Waals surface area contributed by atoms with Crippen LogP contribution in [-0.2, 0) is 11.2 Å². The van der Waals surface area contributed by atoms with E-state index in [0.29, 0.717) is 22.1 Å². The monoisotopic (exact) mass is 347 g/mol.